The minimum atomic E-state index is -0.0862. The van der Waals surface area contributed by atoms with Crippen molar-refractivity contribution in [1.29, 1.82) is 0 Å². The average molecular weight is 405 g/mol. The van der Waals surface area contributed by atoms with Crippen LogP contribution in [0.3, 0.4) is 0 Å². The Hall–Kier alpha value is -3.02. The molecule has 0 atom stereocenters. The van der Waals surface area contributed by atoms with Crippen molar-refractivity contribution in [3.05, 3.63) is 53.4 Å². The lowest BCUT2D eigenvalue weighted by Gasteiger charge is -2.32. The van der Waals surface area contributed by atoms with Crippen LogP contribution in [0.1, 0.15) is 5.56 Å². The van der Waals surface area contributed by atoms with Crippen molar-refractivity contribution in [2.75, 3.05) is 39.8 Å². The molecule has 0 N–H and O–H groups in total. The van der Waals surface area contributed by atoms with E-state index in [4.69, 9.17) is 20.7 Å². The molecule has 2 aliphatic heterocycles. The average Bonchev–Trinajstić information content (AvgIpc) is 3.13. The van der Waals surface area contributed by atoms with E-state index < -0.39 is 0 Å². The fraction of sp³-hybridized carbons (Fsp3) is 0.364. The molecule has 2 aliphatic rings. The van der Waals surface area contributed by atoms with Crippen molar-refractivity contribution in [2.24, 2.45) is 0 Å². The summed E-state index contributed by atoms with van der Waals surface area (Å²) in [5.41, 5.74) is 2.70. The fourth-order valence-electron chi connectivity index (χ4n) is 3.65. The summed E-state index contributed by atoms with van der Waals surface area (Å²) >= 11 is 0. The highest BCUT2D eigenvalue weighted by Crippen LogP contribution is 2.35. The molecule has 2 aromatic carbocycles. The maximum absolute atomic E-state index is 12.5. The Morgan fingerprint density at radius 1 is 1.17 bits per heavy atom. The van der Waals surface area contributed by atoms with E-state index in [9.17, 15) is 4.79 Å². The van der Waals surface area contributed by atoms with Gasteiger partial charge in [-0.3, -0.25) is 4.79 Å². The van der Waals surface area contributed by atoms with Gasteiger partial charge in [-0.1, -0.05) is 19.0 Å². The van der Waals surface area contributed by atoms with Gasteiger partial charge in [0.1, 0.15) is 5.75 Å². The standard InChI is InChI=1S/C22H24BN3O4/c1-23-19-6-5-18(12-16(19)14-29-23)30-20-7-4-17(24-2)13-21(20)28-15-22(27)26-10-8-25(3)9-11-26/h4-7,12-13H,8-11,14-15H2,1,3H3. The molecular weight excluding hydrogens is 381 g/mol. The van der Waals surface area contributed by atoms with Crippen molar-refractivity contribution < 1.29 is 18.9 Å². The molecule has 0 aliphatic carbocycles. The van der Waals surface area contributed by atoms with Crippen LogP contribution >= 0.6 is 0 Å². The van der Waals surface area contributed by atoms with Gasteiger partial charge in [0, 0.05) is 26.2 Å². The summed E-state index contributed by atoms with van der Waals surface area (Å²) in [5, 5.41) is 0. The maximum Gasteiger partial charge on any atom is 0.324 e. The Morgan fingerprint density at radius 2 is 1.97 bits per heavy atom. The van der Waals surface area contributed by atoms with Crippen molar-refractivity contribution in [1.82, 2.24) is 9.80 Å². The molecule has 1 amide bonds. The zero-order chi connectivity index (χ0) is 21.1. The van der Waals surface area contributed by atoms with E-state index in [1.165, 1.54) is 5.46 Å². The Balaban J connectivity index is 1.47. The minimum Gasteiger partial charge on any atom is -0.481 e. The quantitative estimate of drug-likeness (QED) is 0.566. The summed E-state index contributed by atoms with van der Waals surface area (Å²) < 4.78 is 17.5. The van der Waals surface area contributed by atoms with Gasteiger partial charge in [-0.15, -0.1) is 0 Å². The smallest absolute Gasteiger partial charge is 0.324 e. The van der Waals surface area contributed by atoms with E-state index in [0.717, 1.165) is 18.7 Å². The molecule has 0 radical (unpaired) electrons. The zero-order valence-electron chi connectivity index (χ0n) is 17.3. The second kappa shape index (κ2) is 8.78. The predicted octanol–water partition coefficient (Wildman–Crippen LogP) is 2.54. The van der Waals surface area contributed by atoms with Gasteiger partial charge in [-0.05, 0) is 42.3 Å². The Kier molecular flexibility index (Phi) is 5.93. The molecule has 0 aromatic heterocycles. The number of hydrogen-bond donors (Lipinski definition) is 0. The highest BCUT2D eigenvalue weighted by atomic mass is 16.5. The third kappa shape index (κ3) is 4.43. The molecule has 2 aromatic rings. The van der Waals surface area contributed by atoms with Crippen LogP contribution in [0.4, 0.5) is 5.69 Å². The molecule has 154 valence electrons. The van der Waals surface area contributed by atoms with Crippen molar-refractivity contribution in [3.8, 4) is 17.2 Å². The fourth-order valence-corrected chi connectivity index (χ4v) is 3.65. The monoisotopic (exact) mass is 405 g/mol. The largest absolute Gasteiger partial charge is 0.481 e. The van der Waals surface area contributed by atoms with Gasteiger partial charge in [-0.25, -0.2) is 4.85 Å². The number of piperazine rings is 1. The third-order valence-electron chi connectivity index (χ3n) is 5.53. The number of likely N-dealkylation sites (N-methyl/N-ethyl adjacent to an activating group) is 1. The van der Waals surface area contributed by atoms with E-state index in [1.54, 1.807) is 23.1 Å². The molecule has 1 saturated heterocycles. The molecule has 2 heterocycles. The number of ether oxygens (including phenoxy) is 2. The summed E-state index contributed by atoms with van der Waals surface area (Å²) in [4.78, 5) is 20.0. The van der Waals surface area contributed by atoms with Crippen molar-refractivity contribution >= 4 is 24.0 Å². The van der Waals surface area contributed by atoms with E-state index in [0.29, 0.717) is 42.6 Å². The van der Waals surface area contributed by atoms with Gasteiger partial charge >= 0.3 is 6.92 Å². The number of carbonyl (C=O) groups is 1. The topological polar surface area (TPSA) is 55.6 Å². The number of benzene rings is 2. The van der Waals surface area contributed by atoms with Crippen LogP contribution in [-0.2, 0) is 16.1 Å². The second-order valence-corrected chi connectivity index (χ2v) is 7.63. The van der Waals surface area contributed by atoms with Crippen LogP contribution < -0.4 is 14.9 Å². The Labute approximate surface area is 177 Å². The molecule has 0 saturated carbocycles. The Morgan fingerprint density at radius 3 is 2.73 bits per heavy atom. The number of carbonyl (C=O) groups excluding carboxylic acids is 1. The summed E-state index contributed by atoms with van der Waals surface area (Å²) in [5.74, 6) is 1.46. The van der Waals surface area contributed by atoms with Crippen molar-refractivity contribution in [2.45, 2.75) is 13.4 Å². The number of rotatable bonds is 5. The minimum absolute atomic E-state index is 0.0640. The van der Waals surface area contributed by atoms with Gasteiger partial charge < -0.3 is 23.9 Å². The third-order valence-corrected chi connectivity index (χ3v) is 5.53. The molecule has 1 fully saturated rings. The van der Waals surface area contributed by atoms with Gasteiger partial charge in [0.25, 0.3) is 5.91 Å². The van der Waals surface area contributed by atoms with Crippen LogP contribution in [-0.4, -0.2) is 62.5 Å². The predicted molar refractivity (Wildman–Crippen MR) is 115 cm³/mol. The first-order valence-corrected chi connectivity index (χ1v) is 10.1. The van der Waals surface area contributed by atoms with E-state index in [2.05, 4.69) is 9.74 Å². The summed E-state index contributed by atoms with van der Waals surface area (Å²) in [6.45, 7) is 13.0. The lowest BCUT2D eigenvalue weighted by molar-refractivity contribution is -0.134. The van der Waals surface area contributed by atoms with E-state index >= 15 is 0 Å². The van der Waals surface area contributed by atoms with Crippen molar-refractivity contribution in [3.63, 3.8) is 0 Å². The van der Waals surface area contributed by atoms with E-state index in [-0.39, 0.29) is 19.4 Å². The molecule has 4 rings (SSSR count). The van der Waals surface area contributed by atoms with Gasteiger partial charge in [-0.2, -0.15) is 0 Å². The normalized spacial score (nSPS) is 16.2. The van der Waals surface area contributed by atoms with Crippen LogP contribution in [0.5, 0.6) is 17.2 Å². The molecule has 8 heteroatoms. The number of amides is 1. The highest BCUT2D eigenvalue weighted by Gasteiger charge is 2.24. The summed E-state index contributed by atoms with van der Waals surface area (Å²) in [6, 6.07) is 10.9. The molecule has 0 bridgehead atoms. The van der Waals surface area contributed by atoms with E-state index in [1.807, 2.05) is 32.1 Å². The second-order valence-electron chi connectivity index (χ2n) is 7.63. The first kappa shape index (κ1) is 20.3. The number of nitrogens with zero attached hydrogens (tertiary/aromatic N) is 3. The maximum atomic E-state index is 12.5. The molecule has 7 nitrogen and oxygen atoms in total. The lowest BCUT2D eigenvalue weighted by atomic mass is 9.64. The zero-order valence-corrected chi connectivity index (χ0v) is 17.3. The van der Waals surface area contributed by atoms with Crippen LogP contribution in [0.15, 0.2) is 36.4 Å². The summed E-state index contributed by atoms with van der Waals surface area (Å²) in [7, 11) is 2.05. The first-order valence-electron chi connectivity index (χ1n) is 10.1. The lowest BCUT2D eigenvalue weighted by Crippen LogP contribution is -2.48. The van der Waals surface area contributed by atoms with Crippen LogP contribution in [0, 0.1) is 6.57 Å². The number of fused-ring (bicyclic) bond motifs is 1. The molecule has 30 heavy (non-hydrogen) atoms. The van der Waals surface area contributed by atoms with Crippen LogP contribution in [0.2, 0.25) is 6.82 Å². The molecule has 0 unspecified atom stereocenters. The van der Waals surface area contributed by atoms with Crippen LogP contribution in [0.25, 0.3) is 4.85 Å². The van der Waals surface area contributed by atoms with Gasteiger partial charge in [0.15, 0.2) is 23.8 Å². The molecule has 0 spiro atoms. The van der Waals surface area contributed by atoms with Gasteiger partial charge in [0.2, 0.25) is 0 Å². The number of hydrogen-bond acceptors (Lipinski definition) is 5. The summed E-state index contributed by atoms with van der Waals surface area (Å²) in [6.07, 6.45) is 0. The SMILES string of the molecule is [C-]#[N+]c1ccc(Oc2ccc3c(c2)COB3C)c(OCC(=O)N2CCN(C)CC2)c1. The molecular formula is C22H24BN3O4. The first-order chi connectivity index (χ1) is 14.5. The Bertz CT molecular complexity index is 983. The highest BCUT2D eigenvalue weighted by molar-refractivity contribution is 6.67. The van der Waals surface area contributed by atoms with Gasteiger partial charge in [0.05, 0.1) is 13.2 Å².